The van der Waals surface area contributed by atoms with E-state index in [9.17, 15) is 0 Å². The van der Waals surface area contributed by atoms with Gasteiger partial charge in [-0.2, -0.15) is 0 Å². The molecular weight excluding hydrogens is 174 g/mol. The molecule has 0 aliphatic heterocycles. The van der Waals surface area contributed by atoms with Crippen LogP contribution in [-0.4, -0.2) is 10.9 Å². The lowest BCUT2D eigenvalue weighted by Gasteiger charge is -2.19. The van der Waals surface area contributed by atoms with Crippen molar-refractivity contribution in [1.82, 2.24) is 0 Å². The first-order chi connectivity index (χ1) is 6.54. The van der Waals surface area contributed by atoms with Crippen LogP contribution in [-0.2, 0) is 6.42 Å². The topological polar surface area (TPSA) is 32.6 Å². The first-order valence-electron chi connectivity index (χ1n) is 4.79. The summed E-state index contributed by atoms with van der Waals surface area (Å²) in [5.74, 6) is 0. The van der Waals surface area contributed by atoms with Crippen molar-refractivity contribution in [3.8, 4) is 0 Å². The summed E-state index contributed by atoms with van der Waals surface area (Å²) < 4.78 is 0. The Morgan fingerprint density at radius 3 is 2.21 bits per heavy atom. The highest BCUT2D eigenvalue weighted by Crippen LogP contribution is 2.19. The van der Waals surface area contributed by atoms with Gasteiger partial charge in [-0.15, -0.1) is 0 Å². The van der Waals surface area contributed by atoms with Crippen molar-refractivity contribution in [2.24, 2.45) is 10.6 Å². The van der Waals surface area contributed by atoms with E-state index < -0.39 is 0 Å². The van der Waals surface area contributed by atoms with Crippen molar-refractivity contribution in [1.29, 1.82) is 0 Å². The van der Waals surface area contributed by atoms with Gasteiger partial charge < -0.3 is 5.21 Å². The minimum absolute atomic E-state index is 0.0788. The van der Waals surface area contributed by atoms with Crippen molar-refractivity contribution in [3.63, 3.8) is 0 Å². The van der Waals surface area contributed by atoms with Crippen LogP contribution in [0.15, 0.2) is 35.5 Å². The Morgan fingerprint density at radius 2 is 1.79 bits per heavy atom. The molecule has 0 saturated carbocycles. The molecule has 0 radical (unpaired) electrons. The molecule has 0 bridgehead atoms. The summed E-state index contributed by atoms with van der Waals surface area (Å²) in [6.07, 6.45) is 0.709. The number of hydrogen-bond donors (Lipinski definition) is 1. The maximum atomic E-state index is 8.91. The molecule has 1 rings (SSSR count). The van der Waals surface area contributed by atoms with Gasteiger partial charge >= 0.3 is 0 Å². The van der Waals surface area contributed by atoms with E-state index in [0.717, 1.165) is 5.71 Å². The third kappa shape index (κ3) is 2.87. The molecule has 0 aliphatic rings. The zero-order chi connectivity index (χ0) is 10.6. The second-order valence-corrected chi connectivity index (χ2v) is 4.46. The minimum Gasteiger partial charge on any atom is -0.411 e. The summed E-state index contributed by atoms with van der Waals surface area (Å²) in [5, 5.41) is 12.3. The third-order valence-corrected chi connectivity index (χ3v) is 2.20. The number of rotatable bonds is 2. The molecule has 0 saturated heterocycles. The van der Waals surface area contributed by atoms with Crippen LogP contribution >= 0.6 is 0 Å². The summed E-state index contributed by atoms with van der Waals surface area (Å²) in [7, 11) is 0. The van der Waals surface area contributed by atoms with Crippen molar-refractivity contribution < 1.29 is 5.21 Å². The Morgan fingerprint density at radius 1 is 1.21 bits per heavy atom. The minimum atomic E-state index is -0.0788. The van der Waals surface area contributed by atoms with E-state index >= 15 is 0 Å². The van der Waals surface area contributed by atoms with Crippen LogP contribution in [0.4, 0.5) is 0 Å². The van der Waals surface area contributed by atoms with Crippen LogP contribution < -0.4 is 0 Å². The Balaban J connectivity index is 2.78. The van der Waals surface area contributed by atoms with Crippen molar-refractivity contribution in [2.75, 3.05) is 0 Å². The zero-order valence-electron chi connectivity index (χ0n) is 8.99. The molecule has 2 heteroatoms. The first-order valence-corrected chi connectivity index (χ1v) is 4.79. The van der Waals surface area contributed by atoms with Gasteiger partial charge in [0.05, 0.1) is 5.71 Å². The van der Waals surface area contributed by atoms with Gasteiger partial charge in [0, 0.05) is 11.8 Å². The predicted molar refractivity (Wildman–Crippen MR) is 58.8 cm³/mol. The highest BCUT2D eigenvalue weighted by molar-refractivity contribution is 5.90. The Bertz CT molecular complexity index is 309. The molecule has 0 fully saturated rings. The normalized spacial score (nSPS) is 12.9. The summed E-state index contributed by atoms with van der Waals surface area (Å²) in [6.45, 7) is 6.14. The van der Waals surface area contributed by atoms with Gasteiger partial charge in [0.25, 0.3) is 0 Å². The lowest BCUT2D eigenvalue weighted by Crippen LogP contribution is -2.22. The highest BCUT2D eigenvalue weighted by Gasteiger charge is 2.19. The van der Waals surface area contributed by atoms with Crippen LogP contribution in [0.2, 0.25) is 0 Å². The number of hydrogen-bond acceptors (Lipinski definition) is 2. The molecule has 1 N–H and O–H groups in total. The molecule has 0 unspecified atom stereocenters. The summed E-state index contributed by atoms with van der Waals surface area (Å²) in [4.78, 5) is 0. The monoisotopic (exact) mass is 191 g/mol. The molecule has 0 spiro atoms. The molecule has 0 atom stereocenters. The molecule has 0 aromatic heterocycles. The smallest absolute Gasteiger partial charge is 0.0667 e. The van der Waals surface area contributed by atoms with E-state index in [2.05, 4.69) is 5.16 Å². The standard InChI is InChI=1S/C12H17NO/c1-12(2,3)11(13-14)9-10-7-5-4-6-8-10/h4-8,14H,9H2,1-3H3/b13-11+. The summed E-state index contributed by atoms with van der Waals surface area (Å²) in [6, 6.07) is 10.0. The predicted octanol–water partition coefficient (Wildman–Crippen LogP) is 3.11. The Labute approximate surface area is 85.3 Å². The largest absolute Gasteiger partial charge is 0.411 e. The Kier molecular flexibility index (Phi) is 3.28. The lowest BCUT2D eigenvalue weighted by molar-refractivity contribution is 0.309. The zero-order valence-corrected chi connectivity index (χ0v) is 8.99. The van der Waals surface area contributed by atoms with Crippen LogP contribution in [0.3, 0.4) is 0 Å². The number of benzene rings is 1. The van der Waals surface area contributed by atoms with Gasteiger partial charge in [-0.25, -0.2) is 0 Å². The van der Waals surface area contributed by atoms with Gasteiger partial charge in [-0.05, 0) is 5.56 Å². The van der Waals surface area contributed by atoms with Crippen LogP contribution in [0, 0.1) is 5.41 Å². The van der Waals surface area contributed by atoms with Crippen molar-refractivity contribution in [3.05, 3.63) is 35.9 Å². The van der Waals surface area contributed by atoms with Crippen LogP contribution in [0.25, 0.3) is 0 Å². The fraction of sp³-hybridized carbons (Fsp3) is 0.417. The van der Waals surface area contributed by atoms with Gasteiger partial charge in [0.15, 0.2) is 0 Å². The molecular formula is C12H17NO. The van der Waals surface area contributed by atoms with E-state index in [1.807, 2.05) is 51.1 Å². The van der Waals surface area contributed by atoms with Crippen molar-refractivity contribution >= 4 is 5.71 Å². The van der Waals surface area contributed by atoms with Crippen molar-refractivity contribution in [2.45, 2.75) is 27.2 Å². The third-order valence-electron chi connectivity index (χ3n) is 2.20. The van der Waals surface area contributed by atoms with Gasteiger partial charge in [-0.3, -0.25) is 0 Å². The number of oxime groups is 1. The second-order valence-electron chi connectivity index (χ2n) is 4.46. The van der Waals surface area contributed by atoms with E-state index in [-0.39, 0.29) is 5.41 Å². The van der Waals surface area contributed by atoms with Crippen LogP contribution in [0.1, 0.15) is 26.3 Å². The molecule has 1 aromatic rings. The quantitative estimate of drug-likeness (QED) is 0.435. The molecule has 0 heterocycles. The molecule has 0 amide bonds. The lowest BCUT2D eigenvalue weighted by atomic mass is 9.86. The fourth-order valence-electron chi connectivity index (χ4n) is 1.24. The van der Waals surface area contributed by atoms with Crippen LogP contribution in [0.5, 0.6) is 0 Å². The second kappa shape index (κ2) is 4.27. The molecule has 1 aromatic carbocycles. The average Bonchev–Trinajstić information content (AvgIpc) is 2.14. The maximum Gasteiger partial charge on any atom is 0.0667 e. The van der Waals surface area contributed by atoms with Gasteiger partial charge in [-0.1, -0.05) is 56.3 Å². The van der Waals surface area contributed by atoms with E-state index in [1.54, 1.807) is 0 Å². The first kappa shape index (κ1) is 10.8. The van der Waals surface area contributed by atoms with E-state index in [0.29, 0.717) is 6.42 Å². The summed E-state index contributed by atoms with van der Waals surface area (Å²) >= 11 is 0. The molecule has 76 valence electrons. The molecule has 0 aliphatic carbocycles. The highest BCUT2D eigenvalue weighted by atomic mass is 16.4. The van der Waals surface area contributed by atoms with Gasteiger partial charge in [0.1, 0.15) is 0 Å². The number of nitrogens with zero attached hydrogens (tertiary/aromatic N) is 1. The van der Waals surface area contributed by atoms with E-state index in [4.69, 9.17) is 5.21 Å². The maximum absolute atomic E-state index is 8.91. The average molecular weight is 191 g/mol. The Hall–Kier alpha value is -1.31. The SMILES string of the molecule is CC(C)(C)/C(Cc1ccccc1)=N/O. The van der Waals surface area contributed by atoms with Gasteiger partial charge in [0.2, 0.25) is 0 Å². The van der Waals surface area contributed by atoms with E-state index in [1.165, 1.54) is 5.56 Å². The molecule has 2 nitrogen and oxygen atoms in total. The summed E-state index contributed by atoms with van der Waals surface area (Å²) in [5.41, 5.74) is 1.91. The molecule has 14 heavy (non-hydrogen) atoms. The fourth-order valence-corrected chi connectivity index (χ4v) is 1.24.